The van der Waals surface area contributed by atoms with Crippen LogP contribution in [0, 0.1) is 0 Å². The molecule has 3 rings (SSSR count). The summed E-state index contributed by atoms with van der Waals surface area (Å²) in [6.07, 6.45) is -0.620. The standard InChI is InChI=1S/C17H16F2N2OS/c18-17(19)21-14-9-5-4-8-13(14)20-16(21)11-23-10-15(22)12-6-2-1-3-7-12/h1-9,15,17,22H,10-11H2. The summed E-state index contributed by atoms with van der Waals surface area (Å²) in [6.45, 7) is -2.63. The predicted molar refractivity (Wildman–Crippen MR) is 88.5 cm³/mol. The minimum Gasteiger partial charge on any atom is -0.388 e. The first kappa shape index (κ1) is 16.0. The minimum absolute atomic E-state index is 0.322. The number of fused-ring (bicyclic) bond motifs is 1. The van der Waals surface area contributed by atoms with E-state index in [2.05, 4.69) is 4.98 Å². The SMILES string of the molecule is OC(CSCc1nc2ccccc2n1C(F)F)c1ccccc1. The van der Waals surface area contributed by atoms with Crippen molar-refractivity contribution < 1.29 is 13.9 Å². The average molecular weight is 334 g/mol. The molecule has 0 fully saturated rings. The van der Waals surface area contributed by atoms with Gasteiger partial charge in [0.05, 0.1) is 22.9 Å². The van der Waals surface area contributed by atoms with Crippen molar-refractivity contribution in [3.05, 3.63) is 66.0 Å². The Morgan fingerprint density at radius 1 is 1.04 bits per heavy atom. The maximum absolute atomic E-state index is 13.3. The van der Waals surface area contributed by atoms with Gasteiger partial charge in [0.1, 0.15) is 5.82 Å². The van der Waals surface area contributed by atoms with Crippen LogP contribution in [0.5, 0.6) is 0 Å². The van der Waals surface area contributed by atoms with Crippen molar-refractivity contribution in [1.82, 2.24) is 9.55 Å². The van der Waals surface area contributed by atoms with E-state index in [1.807, 2.05) is 30.3 Å². The van der Waals surface area contributed by atoms with E-state index >= 15 is 0 Å². The van der Waals surface area contributed by atoms with E-state index in [9.17, 15) is 13.9 Å². The van der Waals surface area contributed by atoms with Gasteiger partial charge in [-0.3, -0.25) is 4.57 Å². The van der Waals surface area contributed by atoms with E-state index in [1.165, 1.54) is 11.8 Å². The van der Waals surface area contributed by atoms with Gasteiger partial charge in [-0.2, -0.15) is 20.5 Å². The van der Waals surface area contributed by atoms with Gasteiger partial charge in [-0.1, -0.05) is 42.5 Å². The van der Waals surface area contributed by atoms with Crippen molar-refractivity contribution in [1.29, 1.82) is 0 Å². The van der Waals surface area contributed by atoms with Crippen LogP contribution in [0.15, 0.2) is 54.6 Å². The van der Waals surface area contributed by atoms with Crippen LogP contribution in [-0.2, 0) is 5.75 Å². The summed E-state index contributed by atoms with van der Waals surface area (Å²) in [5.74, 6) is 1.07. The second kappa shape index (κ2) is 7.10. The Morgan fingerprint density at radius 2 is 1.74 bits per heavy atom. The van der Waals surface area contributed by atoms with E-state index in [0.29, 0.717) is 28.4 Å². The molecule has 0 saturated carbocycles. The lowest BCUT2D eigenvalue weighted by Crippen LogP contribution is -2.05. The maximum atomic E-state index is 13.3. The summed E-state index contributed by atoms with van der Waals surface area (Å²) in [6, 6.07) is 16.2. The van der Waals surface area contributed by atoms with Crippen molar-refractivity contribution in [2.24, 2.45) is 0 Å². The Hall–Kier alpha value is -1.92. The highest BCUT2D eigenvalue weighted by atomic mass is 32.2. The van der Waals surface area contributed by atoms with Crippen LogP contribution in [0.3, 0.4) is 0 Å². The molecule has 2 aromatic carbocycles. The maximum Gasteiger partial charge on any atom is 0.320 e. The van der Waals surface area contributed by atoms with Crippen LogP contribution in [-0.4, -0.2) is 20.4 Å². The lowest BCUT2D eigenvalue weighted by atomic mass is 10.1. The van der Waals surface area contributed by atoms with Crippen molar-refractivity contribution in [3.8, 4) is 0 Å². The molecule has 0 aliphatic heterocycles. The minimum atomic E-state index is -2.63. The number of hydrogen-bond acceptors (Lipinski definition) is 3. The number of halogens is 2. The van der Waals surface area contributed by atoms with Crippen molar-refractivity contribution in [2.45, 2.75) is 18.4 Å². The van der Waals surface area contributed by atoms with Crippen molar-refractivity contribution in [3.63, 3.8) is 0 Å². The number of thioether (sulfide) groups is 1. The summed E-state index contributed by atoms with van der Waals surface area (Å²) in [4.78, 5) is 4.28. The zero-order chi connectivity index (χ0) is 16.2. The lowest BCUT2D eigenvalue weighted by molar-refractivity contribution is 0.0722. The van der Waals surface area contributed by atoms with Gasteiger partial charge in [0.15, 0.2) is 0 Å². The number of para-hydroxylation sites is 2. The lowest BCUT2D eigenvalue weighted by Gasteiger charge is -2.11. The molecule has 0 aliphatic carbocycles. The van der Waals surface area contributed by atoms with E-state index in [4.69, 9.17) is 0 Å². The summed E-state index contributed by atoms with van der Waals surface area (Å²) < 4.78 is 27.6. The molecule has 0 saturated heterocycles. The van der Waals surface area contributed by atoms with Crippen LogP contribution in [0.4, 0.5) is 8.78 Å². The number of benzene rings is 2. The van der Waals surface area contributed by atoms with Gasteiger partial charge in [0, 0.05) is 5.75 Å². The van der Waals surface area contributed by atoms with Gasteiger partial charge in [-0.15, -0.1) is 0 Å². The first-order valence-electron chi connectivity index (χ1n) is 7.21. The molecule has 1 heterocycles. The molecule has 0 amide bonds. The number of hydrogen-bond donors (Lipinski definition) is 1. The number of rotatable bonds is 6. The number of alkyl halides is 2. The van der Waals surface area contributed by atoms with E-state index in [0.717, 1.165) is 10.1 Å². The van der Waals surface area contributed by atoms with Gasteiger partial charge < -0.3 is 5.11 Å². The van der Waals surface area contributed by atoms with Gasteiger partial charge in [0.25, 0.3) is 0 Å². The molecule has 0 spiro atoms. The van der Waals surface area contributed by atoms with E-state index < -0.39 is 12.7 Å². The summed E-state index contributed by atoms with van der Waals surface area (Å²) in [5, 5.41) is 10.1. The van der Waals surface area contributed by atoms with Crippen LogP contribution < -0.4 is 0 Å². The monoisotopic (exact) mass is 334 g/mol. The zero-order valence-corrected chi connectivity index (χ0v) is 13.1. The smallest absolute Gasteiger partial charge is 0.320 e. The molecule has 0 aliphatic rings. The number of aliphatic hydroxyl groups is 1. The average Bonchev–Trinajstić information content (AvgIpc) is 2.94. The van der Waals surface area contributed by atoms with Gasteiger partial charge in [-0.25, -0.2) is 4.98 Å². The third-order valence-electron chi connectivity index (χ3n) is 3.56. The molecule has 3 aromatic rings. The Balaban J connectivity index is 1.71. The fourth-order valence-electron chi connectivity index (χ4n) is 2.45. The molecule has 0 radical (unpaired) electrons. The van der Waals surface area contributed by atoms with Gasteiger partial charge >= 0.3 is 6.55 Å². The van der Waals surface area contributed by atoms with Crippen LogP contribution in [0.25, 0.3) is 11.0 Å². The molecule has 120 valence electrons. The van der Waals surface area contributed by atoms with Gasteiger partial charge in [0.2, 0.25) is 0 Å². The molecule has 1 N–H and O–H groups in total. The second-order valence-corrected chi connectivity index (χ2v) is 6.14. The van der Waals surface area contributed by atoms with E-state index in [-0.39, 0.29) is 0 Å². The molecule has 1 atom stereocenters. The molecular formula is C17H16F2N2OS. The number of aliphatic hydroxyl groups excluding tert-OH is 1. The fourth-order valence-corrected chi connectivity index (χ4v) is 3.37. The van der Waals surface area contributed by atoms with Crippen molar-refractivity contribution >= 4 is 22.8 Å². The van der Waals surface area contributed by atoms with Gasteiger partial charge in [-0.05, 0) is 17.7 Å². The summed E-state index contributed by atoms with van der Waals surface area (Å²) in [7, 11) is 0. The number of aromatic nitrogens is 2. The van der Waals surface area contributed by atoms with Crippen molar-refractivity contribution in [2.75, 3.05) is 5.75 Å². The summed E-state index contributed by atoms with van der Waals surface area (Å²) >= 11 is 1.39. The molecule has 1 aromatic heterocycles. The summed E-state index contributed by atoms with van der Waals surface area (Å²) in [5.41, 5.74) is 1.82. The molecule has 3 nitrogen and oxygen atoms in total. The number of imidazole rings is 1. The highest BCUT2D eigenvalue weighted by molar-refractivity contribution is 7.98. The van der Waals surface area contributed by atoms with Crippen LogP contribution >= 0.6 is 11.8 Å². The largest absolute Gasteiger partial charge is 0.388 e. The fraction of sp³-hybridized carbons (Fsp3) is 0.235. The Kier molecular flexibility index (Phi) is 4.93. The quantitative estimate of drug-likeness (QED) is 0.726. The second-order valence-electron chi connectivity index (χ2n) is 5.11. The first-order valence-corrected chi connectivity index (χ1v) is 8.37. The molecule has 6 heteroatoms. The Bertz CT molecular complexity index is 777. The highest BCUT2D eigenvalue weighted by Gasteiger charge is 2.17. The molecule has 0 bridgehead atoms. The van der Waals surface area contributed by atoms with Crippen LogP contribution in [0.2, 0.25) is 0 Å². The third kappa shape index (κ3) is 3.54. The molecule has 1 unspecified atom stereocenters. The van der Waals surface area contributed by atoms with E-state index in [1.54, 1.807) is 24.3 Å². The normalized spacial score (nSPS) is 12.9. The molecule has 23 heavy (non-hydrogen) atoms. The predicted octanol–water partition coefficient (Wildman–Crippen LogP) is 4.40. The Labute approximate surface area is 137 Å². The first-order chi connectivity index (χ1) is 11.2. The highest BCUT2D eigenvalue weighted by Crippen LogP contribution is 2.27. The van der Waals surface area contributed by atoms with Crippen LogP contribution in [0.1, 0.15) is 24.0 Å². The molecular weight excluding hydrogens is 318 g/mol. The number of nitrogens with zero attached hydrogens (tertiary/aromatic N) is 2. The Morgan fingerprint density at radius 3 is 2.48 bits per heavy atom. The zero-order valence-electron chi connectivity index (χ0n) is 12.3. The topological polar surface area (TPSA) is 38.1 Å². The third-order valence-corrected chi connectivity index (χ3v) is 4.57.